The van der Waals surface area contributed by atoms with E-state index in [1.54, 1.807) is 24.3 Å². The van der Waals surface area contributed by atoms with Crippen LogP contribution >= 0.6 is 11.6 Å². The van der Waals surface area contributed by atoms with Gasteiger partial charge in [-0.15, -0.1) is 0 Å². The first kappa shape index (κ1) is 15.2. The fourth-order valence-corrected chi connectivity index (χ4v) is 3.54. The van der Waals surface area contributed by atoms with Gasteiger partial charge in [0.15, 0.2) is 0 Å². The van der Waals surface area contributed by atoms with Crippen LogP contribution in [0.15, 0.2) is 35.5 Å². The van der Waals surface area contributed by atoms with E-state index in [9.17, 15) is 8.42 Å². The van der Waals surface area contributed by atoms with Gasteiger partial charge < -0.3 is 4.90 Å². The van der Waals surface area contributed by atoms with Gasteiger partial charge in [-0.05, 0) is 30.7 Å². The Morgan fingerprint density at radius 1 is 1.18 bits per heavy atom. The van der Waals surface area contributed by atoms with Crippen molar-refractivity contribution in [3.63, 3.8) is 0 Å². The molecule has 0 unspecified atom stereocenters. The number of fused-ring (bicyclic) bond motifs is 1. The highest BCUT2D eigenvalue weighted by Gasteiger charge is 2.25. The topological polar surface area (TPSA) is 66.4 Å². The second-order valence-electron chi connectivity index (χ2n) is 5.15. The summed E-state index contributed by atoms with van der Waals surface area (Å²) >= 11 is 6.08. The molecule has 2 aromatic rings. The molecule has 8 heteroatoms. The zero-order chi connectivity index (χ0) is 15.9. The highest BCUT2D eigenvalue weighted by molar-refractivity contribution is 7.89. The Hall–Kier alpha value is -1.70. The summed E-state index contributed by atoms with van der Waals surface area (Å²) in [6.07, 6.45) is 2.21. The first-order valence-corrected chi connectivity index (χ1v) is 8.52. The van der Waals surface area contributed by atoms with E-state index < -0.39 is 10.0 Å². The maximum atomic E-state index is 12.1. The van der Waals surface area contributed by atoms with Crippen molar-refractivity contribution in [3.05, 3.63) is 41.3 Å². The molecule has 1 aliphatic rings. The van der Waals surface area contributed by atoms with Crippen LogP contribution in [0.2, 0.25) is 5.15 Å². The summed E-state index contributed by atoms with van der Waals surface area (Å²) in [7, 11) is -0.391. The summed E-state index contributed by atoms with van der Waals surface area (Å²) < 4.78 is 25.4. The van der Waals surface area contributed by atoms with Gasteiger partial charge in [0, 0.05) is 31.9 Å². The van der Waals surface area contributed by atoms with Crippen molar-refractivity contribution in [1.29, 1.82) is 0 Å². The Balaban J connectivity index is 1.95. The molecular formula is C14H15ClN4O2S. The van der Waals surface area contributed by atoms with Crippen LogP contribution in [0.5, 0.6) is 0 Å². The zero-order valence-corrected chi connectivity index (χ0v) is 13.8. The van der Waals surface area contributed by atoms with Crippen molar-refractivity contribution < 1.29 is 8.42 Å². The van der Waals surface area contributed by atoms with E-state index in [-0.39, 0.29) is 4.90 Å². The molecule has 0 fully saturated rings. The minimum atomic E-state index is -3.42. The molecule has 0 saturated heterocycles. The average molecular weight is 339 g/mol. The van der Waals surface area contributed by atoms with Crippen LogP contribution in [0.4, 0.5) is 11.5 Å². The average Bonchev–Trinajstić information content (AvgIpc) is 2.92. The number of anilines is 2. The van der Waals surface area contributed by atoms with E-state index in [1.165, 1.54) is 24.7 Å². The fourth-order valence-electron chi connectivity index (χ4n) is 2.42. The standard InChI is InChI=1S/C14H15ClN4O2S/c1-18(2)22(20,21)11-5-3-10(4-6-11)19-8-7-12-13(15)16-9-17-14(12)19/h3-6,9H,7-8H2,1-2H3. The second kappa shape index (κ2) is 5.49. The van der Waals surface area contributed by atoms with Gasteiger partial charge in [-0.2, -0.15) is 0 Å². The third kappa shape index (κ3) is 2.45. The summed E-state index contributed by atoms with van der Waals surface area (Å²) in [6.45, 7) is 0.744. The number of benzene rings is 1. The summed E-state index contributed by atoms with van der Waals surface area (Å²) in [4.78, 5) is 10.5. The first-order valence-electron chi connectivity index (χ1n) is 6.71. The predicted octanol–water partition coefficient (Wildman–Crippen LogP) is 2.07. The van der Waals surface area contributed by atoms with Crippen LogP contribution in [-0.4, -0.2) is 43.3 Å². The Bertz CT molecular complexity index is 806. The third-order valence-corrected chi connectivity index (χ3v) is 5.79. The van der Waals surface area contributed by atoms with Gasteiger partial charge in [0.05, 0.1) is 4.90 Å². The van der Waals surface area contributed by atoms with Crippen molar-refractivity contribution >= 4 is 33.1 Å². The number of nitrogens with zero attached hydrogens (tertiary/aromatic N) is 4. The van der Waals surface area contributed by atoms with Crippen LogP contribution in [0, 0.1) is 0 Å². The number of hydrogen-bond acceptors (Lipinski definition) is 5. The minimum absolute atomic E-state index is 0.265. The van der Waals surface area contributed by atoms with Crippen molar-refractivity contribution in [3.8, 4) is 0 Å². The summed E-state index contributed by atoms with van der Waals surface area (Å²) in [6, 6.07) is 6.76. The number of aromatic nitrogens is 2. The van der Waals surface area contributed by atoms with Crippen molar-refractivity contribution in [2.24, 2.45) is 0 Å². The quantitative estimate of drug-likeness (QED) is 0.801. The summed E-state index contributed by atoms with van der Waals surface area (Å²) in [5.74, 6) is 0.781. The second-order valence-corrected chi connectivity index (χ2v) is 7.66. The summed E-state index contributed by atoms with van der Waals surface area (Å²) in [5, 5.41) is 0.472. The maximum Gasteiger partial charge on any atom is 0.242 e. The molecule has 3 rings (SSSR count). The first-order chi connectivity index (χ1) is 10.4. The molecule has 6 nitrogen and oxygen atoms in total. The van der Waals surface area contributed by atoms with Crippen molar-refractivity contribution in [2.45, 2.75) is 11.3 Å². The number of rotatable bonds is 3. The number of hydrogen-bond donors (Lipinski definition) is 0. The van der Waals surface area contributed by atoms with E-state index in [4.69, 9.17) is 11.6 Å². The Morgan fingerprint density at radius 2 is 1.86 bits per heavy atom. The lowest BCUT2D eigenvalue weighted by Crippen LogP contribution is -2.22. The molecular weight excluding hydrogens is 324 g/mol. The number of halogens is 1. The van der Waals surface area contributed by atoms with E-state index >= 15 is 0 Å². The third-order valence-electron chi connectivity index (χ3n) is 3.64. The number of sulfonamides is 1. The molecule has 0 N–H and O–H groups in total. The Labute approximate surface area is 134 Å². The highest BCUT2D eigenvalue weighted by Crippen LogP contribution is 2.35. The van der Waals surface area contributed by atoms with Crippen LogP contribution in [0.25, 0.3) is 0 Å². The lowest BCUT2D eigenvalue weighted by atomic mass is 10.3. The van der Waals surface area contributed by atoms with Crippen molar-refractivity contribution in [2.75, 3.05) is 25.5 Å². The monoisotopic (exact) mass is 338 g/mol. The van der Waals surface area contributed by atoms with Crippen LogP contribution in [-0.2, 0) is 16.4 Å². The van der Waals surface area contributed by atoms with E-state index in [0.717, 1.165) is 30.0 Å². The molecule has 0 bridgehead atoms. The summed E-state index contributed by atoms with van der Waals surface area (Å²) in [5.41, 5.74) is 1.81. The molecule has 0 saturated carbocycles. The molecule has 0 radical (unpaired) electrons. The molecule has 1 aliphatic heterocycles. The lowest BCUT2D eigenvalue weighted by molar-refractivity contribution is 0.521. The highest BCUT2D eigenvalue weighted by atomic mass is 35.5. The molecule has 0 atom stereocenters. The molecule has 116 valence electrons. The fraction of sp³-hybridized carbons (Fsp3) is 0.286. The van der Waals surface area contributed by atoms with Gasteiger partial charge in [0.1, 0.15) is 17.3 Å². The molecule has 0 aliphatic carbocycles. The van der Waals surface area contributed by atoms with Gasteiger partial charge in [0.2, 0.25) is 10.0 Å². The van der Waals surface area contributed by atoms with Crippen LogP contribution in [0.3, 0.4) is 0 Å². The minimum Gasteiger partial charge on any atom is -0.326 e. The van der Waals surface area contributed by atoms with Gasteiger partial charge in [-0.25, -0.2) is 22.7 Å². The molecule has 1 aromatic carbocycles. The van der Waals surface area contributed by atoms with Crippen LogP contribution in [0.1, 0.15) is 5.56 Å². The van der Waals surface area contributed by atoms with E-state index in [2.05, 4.69) is 9.97 Å². The van der Waals surface area contributed by atoms with E-state index in [0.29, 0.717) is 5.15 Å². The lowest BCUT2D eigenvalue weighted by Gasteiger charge is -2.19. The molecule has 22 heavy (non-hydrogen) atoms. The van der Waals surface area contributed by atoms with Gasteiger partial charge in [0.25, 0.3) is 0 Å². The van der Waals surface area contributed by atoms with E-state index in [1.807, 2.05) is 4.90 Å². The largest absolute Gasteiger partial charge is 0.326 e. The Morgan fingerprint density at radius 3 is 2.50 bits per heavy atom. The van der Waals surface area contributed by atoms with Crippen molar-refractivity contribution in [1.82, 2.24) is 14.3 Å². The predicted molar refractivity (Wildman–Crippen MR) is 85.1 cm³/mol. The smallest absolute Gasteiger partial charge is 0.242 e. The zero-order valence-electron chi connectivity index (χ0n) is 12.2. The van der Waals surface area contributed by atoms with Gasteiger partial charge in [-0.3, -0.25) is 0 Å². The molecule has 1 aromatic heterocycles. The normalized spacial score (nSPS) is 14.5. The SMILES string of the molecule is CN(C)S(=O)(=O)c1ccc(N2CCc3c(Cl)ncnc32)cc1. The Kier molecular flexibility index (Phi) is 3.80. The molecule has 2 heterocycles. The molecule has 0 amide bonds. The van der Waals surface area contributed by atoms with Gasteiger partial charge in [-0.1, -0.05) is 11.6 Å². The van der Waals surface area contributed by atoms with Gasteiger partial charge >= 0.3 is 0 Å². The molecule has 0 spiro atoms. The maximum absolute atomic E-state index is 12.1. The van der Waals surface area contributed by atoms with Crippen LogP contribution < -0.4 is 4.90 Å².